The fourth-order valence-electron chi connectivity index (χ4n) is 2.09. The second-order valence-corrected chi connectivity index (χ2v) is 6.51. The van der Waals surface area contributed by atoms with Gasteiger partial charge < -0.3 is 22.8 Å². The summed E-state index contributed by atoms with van der Waals surface area (Å²) in [4.78, 5) is 24.0. The van der Waals surface area contributed by atoms with Gasteiger partial charge in [0.15, 0.2) is 0 Å². The predicted octanol–water partition coefficient (Wildman–Crippen LogP) is 3.05. The van der Waals surface area contributed by atoms with Gasteiger partial charge in [0.05, 0.1) is 6.42 Å². The van der Waals surface area contributed by atoms with Gasteiger partial charge in [-0.2, -0.15) is 0 Å². The molecule has 0 heterocycles. The minimum absolute atomic E-state index is 0.00427. The van der Waals surface area contributed by atoms with Gasteiger partial charge in [-0.1, -0.05) is 12.1 Å². The van der Waals surface area contributed by atoms with E-state index >= 15 is 0 Å². The van der Waals surface area contributed by atoms with E-state index < -0.39 is 36.5 Å². The maximum absolute atomic E-state index is 13.1. The summed E-state index contributed by atoms with van der Waals surface area (Å²) in [7, 11) is 1.29. The van der Waals surface area contributed by atoms with Gasteiger partial charge in [0, 0.05) is 12.7 Å². The Labute approximate surface area is 138 Å². The lowest BCUT2D eigenvalue weighted by Crippen LogP contribution is -2.38. The second kappa shape index (κ2) is 6.74. The van der Waals surface area contributed by atoms with Crippen molar-refractivity contribution in [2.45, 2.75) is 39.7 Å². The summed E-state index contributed by atoms with van der Waals surface area (Å²) in [6.45, 7) is 1.04. The fraction of sp³-hybridized carbons (Fsp3) is 0.467. The molecule has 0 aliphatic rings. The standard InChI is InChI=1S/C15H20BF3NO4/c1-9-10(7-13(21)22)6-11(16(17,18)19)8-12(9)20(5)14(23)24-15(2,3)4/h6,8H,7H2,1-5H3,(H,21,22)/q-1. The third-order valence-corrected chi connectivity index (χ3v) is 3.26. The molecule has 0 aliphatic heterocycles. The molecule has 0 radical (unpaired) electrons. The number of rotatable bonds is 4. The molecule has 9 heteroatoms. The molecular weight excluding hydrogens is 326 g/mol. The summed E-state index contributed by atoms with van der Waals surface area (Å²) in [5.74, 6) is -1.25. The van der Waals surface area contributed by atoms with Gasteiger partial charge in [0.2, 0.25) is 0 Å². The van der Waals surface area contributed by atoms with Crippen molar-refractivity contribution in [1.82, 2.24) is 0 Å². The largest absolute Gasteiger partial charge is 0.509 e. The first-order chi connectivity index (χ1) is 10.7. The number of benzene rings is 1. The molecule has 0 aromatic heterocycles. The molecule has 0 saturated heterocycles. The van der Waals surface area contributed by atoms with Gasteiger partial charge in [0.25, 0.3) is 0 Å². The highest BCUT2D eigenvalue weighted by atomic mass is 19.4. The predicted molar refractivity (Wildman–Crippen MR) is 85.9 cm³/mol. The molecule has 1 amide bonds. The summed E-state index contributed by atoms with van der Waals surface area (Å²) >= 11 is 0. The zero-order chi connectivity index (χ0) is 18.9. The van der Waals surface area contributed by atoms with E-state index in [9.17, 15) is 22.5 Å². The first-order valence-corrected chi connectivity index (χ1v) is 7.24. The van der Waals surface area contributed by atoms with Crippen LogP contribution in [0.1, 0.15) is 31.9 Å². The number of carbonyl (C=O) groups is 2. The number of amides is 1. The SMILES string of the molecule is Cc1c(CC(=O)O)cc([B-](F)(F)F)cc1N(C)C(=O)OC(C)(C)C. The molecule has 0 aliphatic carbocycles. The Bertz CT molecular complexity index is 653. The lowest BCUT2D eigenvalue weighted by atomic mass is 9.77. The average Bonchev–Trinajstić information content (AvgIpc) is 2.36. The Balaban J connectivity index is 3.39. The van der Waals surface area contributed by atoms with E-state index in [1.54, 1.807) is 20.8 Å². The van der Waals surface area contributed by atoms with E-state index in [4.69, 9.17) is 9.84 Å². The number of carbonyl (C=O) groups excluding carboxylic acids is 1. The third kappa shape index (κ3) is 5.18. The van der Waals surface area contributed by atoms with Crippen molar-refractivity contribution in [3.05, 3.63) is 23.3 Å². The van der Waals surface area contributed by atoms with Crippen molar-refractivity contribution >= 4 is 30.2 Å². The van der Waals surface area contributed by atoms with Crippen molar-refractivity contribution in [2.75, 3.05) is 11.9 Å². The summed E-state index contributed by atoms with van der Waals surface area (Å²) in [5.41, 5.74) is -1.51. The van der Waals surface area contributed by atoms with Gasteiger partial charge in [-0.05, 0) is 38.8 Å². The highest BCUT2D eigenvalue weighted by molar-refractivity contribution is 6.73. The van der Waals surface area contributed by atoms with Crippen molar-refractivity contribution in [1.29, 1.82) is 0 Å². The summed E-state index contributed by atoms with van der Waals surface area (Å²) in [5, 5.41) is 8.90. The van der Waals surface area contributed by atoms with Gasteiger partial charge in [0.1, 0.15) is 5.60 Å². The van der Waals surface area contributed by atoms with E-state index in [2.05, 4.69) is 0 Å². The quantitative estimate of drug-likeness (QED) is 0.851. The minimum atomic E-state index is -5.34. The minimum Gasteiger partial charge on any atom is -0.481 e. The topological polar surface area (TPSA) is 66.8 Å². The Morgan fingerprint density at radius 3 is 2.21 bits per heavy atom. The summed E-state index contributed by atoms with van der Waals surface area (Å²) in [6, 6.07) is 1.65. The van der Waals surface area contributed by atoms with Crippen LogP contribution in [0.5, 0.6) is 0 Å². The van der Waals surface area contributed by atoms with E-state index in [1.165, 1.54) is 14.0 Å². The number of anilines is 1. The van der Waals surface area contributed by atoms with E-state index in [1.807, 2.05) is 0 Å². The molecule has 0 saturated carbocycles. The molecule has 0 spiro atoms. The number of halogens is 3. The molecule has 0 atom stereocenters. The maximum Gasteiger partial charge on any atom is 0.509 e. The van der Waals surface area contributed by atoms with Crippen LogP contribution in [0.15, 0.2) is 12.1 Å². The average molecular weight is 346 g/mol. The van der Waals surface area contributed by atoms with Crippen molar-refractivity contribution < 1.29 is 32.4 Å². The monoisotopic (exact) mass is 346 g/mol. The number of nitrogens with zero attached hydrogens (tertiary/aromatic N) is 1. The molecule has 1 rings (SSSR count). The number of hydrogen-bond donors (Lipinski definition) is 1. The zero-order valence-corrected chi connectivity index (χ0v) is 14.2. The molecule has 0 unspecified atom stereocenters. The second-order valence-electron chi connectivity index (χ2n) is 6.51. The smallest absolute Gasteiger partial charge is 0.481 e. The summed E-state index contributed by atoms with van der Waals surface area (Å²) < 4.78 is 44.5. The van der Waals surface area contributed by atoms with Gasteiger partial charge in [-0.3, -0.25) is 9.69 Å². The lowest BCUT2D eigenvalue weighted by Gasteiger charge is -2.28. The van der Waals surface area contributed by atoms with Crippen LogP contribution in [-0.4, -0.2) is 36.8 Å². The maximum atomic E-state index is 13.1. The van der Waals surface area contributed by atoms with Gasteiger partial charge in [-0.25, -0.2) is 4.79 Å². The molecule has 1 N–H and O–H groups in total. The number of hydrogen-bond acceptors (Lipinski definition) is 3. The molecule has 134 valence electrons. The van der Waals surface area contributed by atoms with Crippen molar-refractivity contribution in [3.8, 4) is 0 Å². The molecule has 0 bridgehead atoms. The van der Waals surface area contributed by atoms with Crippen molar-refractivity contribution in [3.63, 3.8) is 0 Å². The summed E-state index contributed by atoms with van der Waals surface area (Å²) in [6.07, 6.45) is -1.39. The normalized spacial score (nSPS) is 12.0. The highest BCUT2D eigenvalue weighted by Crippen LogP contribution is 2.26. The van der Waals surface area contributed by atoms with Crippen LogP contribution in [0.2, 0.25) is 0 Å². The number of carboxylic acids is 1. The third-order valence-electron chi connectivity index (χ3n) is 3.26. The van der Waals surface area contributed by atoms with Crippen LogP contribution in [0.25, 0.3) is 0 Å². The Kier molecular flexibility index (Phi) is 5.58. The lowest BCUT2D eigenvalue weighted by molar-refractivity contribution is -0.136. The molecule has 1 aromatic rings. The Morgan fingerprint density at radius 1 is 1.25 bits per heavy atom. The number of carboxylic acid groups (broad SMARTS) is 1. The first-order valence-electron chi connectivity index (χ1n) is 7.24. The van der Waals surface area contributed by atoms with Crippen molar-refractivity contribution in [2.24, 2.45) is 0 Å². The molecule has 24 heavy (non-hydrogen) atoms. The van der Waals surface area contributed by atoms with E-state index in [0.29, 0.717) is 0 Å². The highest BCUT2D eigenvalue weighted by Gasteiger charge is 2.29. The Hall–Kier alpha value is -2.19. The molecular formula is C15H20BF3NO4-. The van der Waals surface area contributed by atoms with Crippen LogP contribution in [-0.2, 0) is 16.0 Å². The van der Waals surface area contributed by atoms with Crippen LogP contribution >= 0.6 is 0 Å². The molecule has 1 aromatic carbocycles. The molecule has 0 fully saturated rings. The fourth-order valence-corrected chi connectivity index (χ4v) is 2.09. The van der Waals surface area contributed by atoms with Crippen LogP contribution < -0.4 is 10.4 Å². The van der Waals surface area contributed by atoms with Crippen LogP contribution in [0.3, 0.4) is 0 Å². The zero-order valence-electron chi connectivity index (χ0n) is 14.2. The van der Waals surface area contributed by atoms with Gasteiger partial charge >= 0.3 is 19.0 Å². The molecule has 5 nitrogen and oxygen atoms in total. The first kappa shape index (κ1) is 19.9. The van der Waals surface area contributed by atoms with Gasteiger partial charge in [-0.15, -0.1) is 5.46 Å². The van der Waals surface area contributed by atoms with Crippen LogP contribution in [0, 0.1) is 6.92 Å². The van der Waals surface area contributed by atoms with E-state index in [-0.39, 0.29) is 16.8 Å². The number of aliphatic carboxylic acids is 1. The van der Waals surface area contributed by atoms with Crippen LogP contribution in [0.4, 0.5) is 23.4 Å². The Morgan fingerprint density at radius 2 is 1.79 bits per heavy atom. The number of ether oxygens (including phenoxy) is 1. The van der Waals surface area contributed by atoms with E-state index in [0.717, 1.165) is 17.0 Å².